The molecule has 0 bridgehead atoms. The largest absolute Gasteiger partial charge is 0.396 e. The van der Waals surface area contributed by atoms with Gasteiger partial charge in [0.1, 0.15) is 0 Å². The zero-order valence-electron chi connectivity index (χ0n) is 14.5. The fourth-order valence-corrected chi connectivity index (χ4v) is 3.09. The zero-order chi connectivity index (χ0) is 16.8. The Morgan fingerprint density at radius 2 is 2.04 bits per heavy atom. The molecule has 1 aliphatic heterocycles. The molecule has 1 fully saturated rings. The summed E-state index contributed by atoms with van der Waals surface area (Å²) in [6.45, 7) is 6.80. The maximum Gasteiger partial charge on any atom is 0.321 e. The summed E-state index contributed by atoms with van der Waals surface area (Å²) in [6, 6.07) is 6.48. The highest BCUT2D eigenvalue weighted by molar-refractivity contribution is 5.90. The quantitative estimate of drug-likeness (QED) is 0.877. The lowest BCUT2D eigenvalue weighted by Gasteiger charge is -2.36. The molecule has 1 saturated heterocycles. The summed E-state index contributed by atoms with van der Waals surface area (Å²) in [5, 5.41) is 12.0. The molecule has 0 radical (unpaired) electrons. The maximum absolute atomic E-state index is 12.4. The van der Waals surface area contributed by atoms with Gasteiger partial charge in [-0.15, -0.1) is 0 Å². The van der Waals surface area contributed by atoms with Crippen LogP contribution in [0.3, 0.4) is 0 Å². The molecular formula is C18H29N3O2. The van der Waals surface area contributed by atoms with Crippen molar-refractivity contribution in [2.75, 3.05) is 38.6 Å². The Kier molecular flexibility index (Phi) is 6.42. The number of amides is 2. The number of nitrogens with zero attached hydrogens (tertiary/aromatic N) is 2. The molecule has 1 aliphatic rings. The van der Waals surface area contributed by atoms with E-state index in [4.69, 9.17) is 5.11 Å². The fourth-order valence-electron chi connectivity index (χ4n) is 3.09. The van der Waals surface area contributed by atoms with E-state index in [0.717, 1.165) is 50.1 Å². The number of anilines is 1. The van der Waals surface area contributed by atoms with Crippen molar-refractivity contribution >= 4 is 11.7 Å². The second-order valence-electron chi connectivity index (χ2n) is 6.45. The average Bonchev–Trinajstić information content (AvgIpc) is 2.57. The first-order valence-electron chi connectivity index (χ1n) is 8.46. The number of piperidine rings is 1. The number of aliphatic hydroxyl groups is 1. The van der Waals surface area contributed by atoms with Crippen molar-refractivity contribution in [1.82, 2.24) is 9.80 Å². The van der Waals surface area contributed by atoms with E-state index in [9.17, 15) is 4.79 Å². The van der Waals surface area contributed by atoms with Gasteiger partial charge in [-0.05, 0) is 57.4 Å². The minimum absolute atomic E-state index is 0.00448. The molecule has 23 heavy (non-hydrogen) atoms. The highest BCUT2D eigenvalue weighted by Crippen LogP contribution is 2.20. The normalized spacial score (nSPS) is 16.0. The van der Waals surface area contributed by atoms with Gasteiger partial charge >= 0.3 is 6.03 Å². The van der Waals surface area contributed by atoms with E-state index in [0.29, 0.717) is 6.04 Å². The van der Waals surface area contributed by atoms with Gasteiger partial charge in [0.05, 0.1) is 0 Å². The topological polar surface area (TPSA) is 55.8 Å². The molecule has 0 saturated carbocycles. The molecule has 0 aromatic heterocycles. The molecule has 128 valence electrons. The highest BCUT2D eigenvalue weighted by atomic mass is 16.3. The van der Waals surface area contributed by atoms with Crippen molar-refractivity contribution in [2.45, 2.75) is 39.2 Å². The van der Waals surface area contributed by atoms with E-state index in [1.165, 1.54) is 5.56 Å². The number of aliphatic hydroxyl groups excluding tert-OH is 1. The first-order chi connectivity index (χ1) is 11.0. The molecule has 1 heterocycles. The number of urea groups is 1. The van der Waals surface area contributed by atoms with Crippen LogP contribution in [-0.2, 0) is 0 Å². The lowest BCUT2D eigenvalue weighted by Crippen LogP contribution is -2.47. The highest BCUT2D eigenvalue weighted by Gasteiger charge is 2.25. The minimum atomic E-state index is -0.00448. The van der Waals surface area contributed by atoms with Crippen molar-refractivity contribution in [3.63, 3.8) is 0 Å². The van der Waals surface area contributed by atoms with Crippen LogP contribution in [0.1, 0.15) is 30.4 Å². The number of likely N-dealkylation sites (tertiary alicyclic amines) is 1. The third-order valence-corrected chi connectivity index (χ3v) is 4.89. The smallest absolute Gasteiger partial charge is 0.321 e. The summed E-state index contributed by atoms with van der Waals surface area (Å²) in [7, 11) is 2.10. The van der Waals surface area contributed by atoms with Gasteiger partial charge in [0.2, 0.25) is 0 Å². The summed E-state index contributed by atoms with van der Waals surface area (Å²) < 4.78 is 0. The van der Waals surface area contributed by atoms with Gasteiger partial charge in [-0.3, -0.25) is 0 Å². The van der Waals surface area contributed by atoms with Gasteiger partial charge in [-0.1, -0.05) is 12.1 Å². The Balaban J connectivity index is 1.85. The molecular weight excluding hydrogens is 290 g/mol. The van der Waals surface area contributed by atoms with Crippen molar-refractivity contribution in [2.24, 2.45) is 0 Å². The molecule has 5 heteroatoms. The summed E-state index contributed by atoms with van der Waals surface area (Å²) in [5.41, 5.74) is 3.21. The number of hydrogen-bond acceptors (Lipinski definition) is 3. The van der Waals surface area contributed by atoms with Crippen LogP contribution >= 0.6 is 0 Å². The van der Waals surface area contributed by atoms with E-state index >= 15 is 0 Å². The van der Waals surface area contributed by atoms with E-state index in [1.54, 1.807) is 0 Å². The Morgan fingerprint density at radius 3 is 2.70 bits per heavy atom. The number of aryl methyl sites for hydroxylation is 1. The molecule has 0 atom stereocenters. The summed E-state index contributed by atoms with van der Waals surface area (Å²) in [5.74, 6) is 0. The van der Waals surface area contributed by atoms with E-state index in [2.05, 4.69) is 30.3 Å². The third-order valence-electron chi connectivity index (χ3n) is 4.89. The van der Waals surface area contributed by atoms with E-state index in [1.807, 2.05) is 24.0 Å². The second kappa shape index (κ2) is 8.31. The molecule has 2 N–H and O–H groups in total. The summed E-state index contributed by atoms with van der Waals surface area (Å²) in [6.07, 6.45) is 2.79. The lowest BCUT2D eigenvalue weighted by atomic mass is 10.0. The molecule has 2 rings (SSSR count). The van der Waals surface area contributed by atoms with Gasteiger partial charge in [0.25, 0.3) is 0 Å². The van der Waals surface area contributed by atoms with Gasteiger partial charge in [-0.2, -0.15) is 0 Å². The van der Waals surface area contributed by atoms with Crippen LogP contribution in [0.25, 0.3) is 0 Å². The molecule has 1 aromatic carbocycles. The van der Waals surface area contributed by atoms with Crippen molar-refractivity contribution in [3.05, 3.63) is 29.3 Å². The predicted molar refractivity (Wildman–Crippen MR) is 93.9 cm³/mol. The number of nitrogens with one attached hydrogen (secondary N) is 1. The molecule has 0 spiro atoms. The van der Waals surface area contributed by atoms with Crippen molar-refractivity contribution in [1.29, 1.82) is 0 Å². The summed E-state index contributed by atoms with van der Waals surface area (Å²) >= 11 is 0. The van der Waals surface area contributed by atoms with Gasteiger partial charge < -0.3 is 20.2 Å². The van der Waals surface area contributed by atoms with Crippen LogP contribution in [0.4, 0.5) is 10.5 Å². The number of carbonyl (C=O) groups is 1. The van der Waals surface area contributed by atoms with E-state index in [-0.39, 0.29) is 12.6 Å². The van der Waals surface area contributed by atoms with Crippen LogP contribution in [0.5, 0.6) is 0 Å². The minimum Gasteiger partial charge on any atom is -0.396 e. The molecule has 1 aromatic rings. The lowest BCUT2D eigenvalue weighted by molar-refractivity contribution is 0.134. The van der Waals surface area contributed by atoms with E-state index < -0.39 is 0 Å². The van der Waals surface area contributed by atoms with Crippen LogP contribution in [0.2, 0.25) is 0 Å². The average molecular weight is 319 g/mol. The van der Waals surface area contributed by atoms with Gasteiger partial charge in [0, 0.05) is 38.0 Å². The zero-order valence-corrected chi connectivity index (χ0v) is 14.5. The van der Waals surface area contributed by atoms with Gasteiger partial charge in [0.15, 0.2) is 0 Å². The monoisotopic (exact) mass is 319 g/mol. The molecule has 5 nitrogen and oxygen atoms in total. The Labute approximate surface area is 139 Å². The Morgan fingerprint density at radius 1 is 1.35 bits per heavy atom. The Hall–Kier alpha value is -1.59. The molecule has 2 amide bonds. The van der Waals surface area contributed by atoms with Crippen molar-refractivity contribution < 1.29 is 9.90 Å². The molecule has 0 unspecified atom stereocenters. The third kappa shape index (κ3) is 4.69. The van der Waals surface area contributed by atoms with Gasteiger partial charge in [-0.25, -0.2) is 4.79 Å². The first kappa shape index (κ1) is 17.8. The number of carbonyl (C=O) groups excluding carboxylic acids is 1. The van der Waals surface area contributed by atoms with Crippen molar-refractivity contribution in [3.8, 4) is 0 Å². The number of benzene rings is 1. The second-order valence-corrected chi connectivity index (χ2v) is 6.45. The van der Waals surface area contributed by atoms with Crippen LogP contribution in [0, 0.1) is 13.8 Å². The standard InChI is InChI=1S/C18H29N3O2/c1-14-6-4-7-17(15(14)2)19-18(23)21-11-8-16(9-12-21)20(3)10-5-13-22/h4,6-7,16,22H,5,8-13H2,1-3H3,(H,19,23). The summed E-state index contributed by atoms with van der Waals surface area (Å²) in [4.78, 5) is 16.7. The number of hydrogen-bond donors (Lipinski definition) is 2. The first-order valence-corrected chi connectivity index (χ1v) is 8.46. The number of rotatable bonds is 5. The SMILES string of the molecule is Cc1cccc(NC(=O)N2CCC(N(C)CCCO)CC2)c1C. The van der Waals surface area contributed by atoms with Crippen LogP contribution in [-0.4, -0.2) is 60.3 Å². The fraction of sp³-hybridized carbons (Fsp3) is 0.611. The predicted octanol–water partition coefficient (Wildman–Crippen LogP) is 2.61. The maximum atomic E-state index is 12.4. The van der Waals surface area contributed by atoms with Crippen LogP contribution in [0.15, 0.2) is 18.2 Å². The molecule has 0 aliphatic carbocycles. The Bertz CT molecular complexity index is 525. The van der Waals surface area contributed by atoms with Crippen LogP contribution < -0.4 is 5.32 Å².